The lowest BCUT2D eigenvalue weighted by Gasteiger charge is -2.19. The average molecular weight is 249 g/mol. The molecule has 0 saturated heterocycles. The molecule has 0 bridgehead atoms. The maximum absolute atomic E-state index is 12.4. The zero-order valence-electron chi connectivity index (χ0n) is 9.54. The van der Waals surface area contributed by atoms with Crippen LogP contribution in [0.5, 0.6) is 11.5 Å². The van der Waals surface area contributed by atoms with Crippen LogP contribution in [-0.4, -0.2) is 19.4 Å². The van der Waals surface area contributed by atoms with Gasteiger partial charge >= 0.3 is 6.18 Å². The van der Waals surface area contributed by atoms with Crippen LogP contribution in [0.15, 0.2) is 18.2 Å². The SMILES string of the molecule is COc1ccc(CN)c(OC(C)C(F)(F)F)c1. The Bertz CT molecular complexity index is 379. The van der Waals surface area contributed by atoms with Gasteiger partial charge in [0.2, 0.25) is 0 Å². The third-order valence-electron chi connectivity index (χ3n) is 2.26. The van der Waals surface area contributed by atoms with E-state index in [9.17, 15) is 13.2 Å². The summed E-state index contributed by atoms with van der Waals surface area (Å²) in [7, 11) is 1.43. The number of halogens is 3. The standard InChI is InChI=1S/C11H14F3NO2/c1-7(11(12,13)14)17-10-5-9(16-2)4-3-8(10)6-15/h3-5,7H,6,15H2,1-2H3. The molecular formula is C11H14F3NO2. The number of nitrogens with two attached hydrogens (primary N) is 1. The molecule has 0 spiro atoms. The number of hydrogen-bond donors (Lipinski definition) is 1. The van der Waals surface area contributed by atoms with Crippen LogP contribution >= 0.6 is 0 Å². The minimum atomic E-state index is -4.41. The van der Waals surface area contributed by atoms with Gasteiger partial charge < -0.3 is 15.2 Å². The summed E-state index contributed by atoms with van der Waals surface area (Å²) in [6.07, 6.45) is -6.30. The molecule has 2 N–H and O–H groups in total. The van der Waals surface area contributed by atoms with Gasteiger partial charge in [0.05, 0.1) is 7.11 Å². The molecule has 0 heterocycles. The minimum Gasteiger partial charge on any atom is -0.497 e. The van der Waals surface area contributed by atoms with Crippen molar-refractivity contribution < 1.29 is 22.6 Å². The molecule has 0 saturated carbocycles. The fraction of sp³-hybridized carbons (Fsp3) is 0.455. The topological polar surface area (TPSA) is 44.5 Å². The van der Waals surface area contributed by atoms with Gasteiger partial charge in [-0.15, -0.1) is 0 Å². The van der Waals surface area contributed by atoms with Gasteiger partial charge in [0.1, 0.15) is 11.5 Å². The number of rotatable bonds is 4. The molecule has 1 unspecified atom stereocenters. The fourth-order valence-electron chi connectivity index (χ4n) is 1.20. The first kappa shape index (κ1) is 13.6. The van der Waals surface area contributed by atoms with Crippen molar-refractivity contribution in [1.29, 1.82) is 0 Å². The summed E-state index contributed by atoms with van der Waals surface area (Å²) < 4.78 is 46.9. The Labute approximate surface area is 97.3 Å². The number of ether oxygens (including phenoxy) is 2. The molecule has 1 rings (SSSR count). The van der Waals surface area contributed by atoms with Crippen LogP contribution in [0.4, 0.5) is 13.2 Å². The van der Waals surface area contributed by atoms with Crippen LogP contribution < -0.4 is 15.2 Å². The van der Waals surface area contributed by atoms with Crippen LogP contribution in [0.3, 0.4) is 0 Å². The molecule has 0 aliphatic carbocycles. The second kappa shape index (κ2) is 5.27. The van der Waals surface area contributed by atoms with E-state index >= 15 is 0 Å². The third kappa shape index (κ3) is 3.52. The zero-order chi connectivity index (χ0) is 13.1. The van der Waals surface area contributed by atoms with E-state index in [0.717, 1.165) is 6.92 Å². The summed E-state index contributed by atoms with van der Waals surface area (Å²) in [5.41, 5.74) is 5.93. The summed E-state index contributed by atoms with van der Waals surface area (Å²) >= 11 is 0. The second-order valence-corrected chi connectivity index (χ2v) is 3.48. The Morgan fingerprint density at radius 3 is 2.47 bits per heavy atom. The van der Waals surface area contributed by atoms with Gasteiger partial charge in [0.15, 0.2) is 6.10 Å². The van der Waals surface area contributed by atoms with Gasteiger partial charge in [-0.05, 0) is 13.0 Å². The highest BCUT2D eigenvalue weighted by atomic mass is 19.4. The summed E-state index contributed by atoms with van der Waals surface area (Å²) in [6, 6.07) is 4.59. The Hall–Kier alpha value is -1.43. The predicted octanol–water partition coefficient (Wildman–Crippen LogP) is 2.48. The first-order valence-electron chi connectivity index (χ1n) is 4.99. The lowest BCUT2D eigenvalue weighted by Crippen LogP contribution is -2.31. The molecule has 6 heteroatoms. The van der Waals surface area contributed by atoms with Crippen molar-refractivity contribution in [1.82, 2.24) is 0 Å². The van der Waals surface area contributed by atoms with Crippen molar-refractivity contribution in [3.05, 3.63) is 23.8 Å². The lowest BCUT2D eigenvalue weighted by atomic mass is 10.2. The van der Waals surface area contributed by atoms with Crippen LogP contribution in [0.2, 0.25) is 0 Å². The Morgan fingerprint density at radius 2 is 2.00 bits per heavy atom. The van der Waals surface area contributed by atoms with Gasteiger partial charge in [-0.2, -0.15) is 13.2 Å². The lowest BCUT2D eigenvalue weighted by molar-refractivity contribution is -0.189. The molecule has 0 fully saturated rings. The average Bonchev–Trinajstić information content (AvgIpc) is 2.27. The molecule has 1 aromatic carbocycles. The van der Waals surface area contributed by atoms with E-state index in [4.69, 9.17) is 15.2 Å². The van der Waals surface area contributed by atoms with Gasteiger partial charge in [0.25, 0.3) is 0 Å². The van der Waals surface area contributed by atoms with Crippen molar-refractivity contribution in [3.8, 4) is 11.5 Å². The molecule has 3 nitrogen and oxygen atoms in total. The summed E-state index contributed by atoms with van der Waals surface area (Å²) in [5.74, 6) is 0.517. The molecule has 1 atom stereocenters. The Kier molecular flexibility index (Phi) is 4.22. The molecule has 1 aromatic rings. The Morgan fingerprint density at radius 1 is 1.35 bits per heavy atom. The molecule has 0 aromatic heterocycles. The highest BCUT2D eigenvalue weighted by molar-refractivity contribution is 5.40. The van der Waals surface area contributed by atoms with Crippen molar-refractivity contribution in [2.24, 2.45) is 5.73 Å². The van der Waals surface area contributed by atoms with E-state index < -0.39 is 12.3 Å². The van der Waals surface area contributed by atoms with Gasteiger partial charge in [-0.1, -0.05) is 6.07 Å². The molecular weight excluding hydrogens is 235 g/mol. The van der Waals surface area contributed by atoms with E-state index in [1.54, 1.807) is 12.1 Å². The summed E-state index contributed by atoms with van der Waals surface area (Å²) in [4.78, 5) is 0. The number of benzene rings is 1. The van der Waals surface area contributed by atoms with Crippen LogP contribution in [0.1, 0.15) is 12.5 Å². The molecule has 0 aliphatic rings. The minimum absolute atomic E-state index is 0.0941. The van der Waals surface area contributed by atoms with Crippen LogP contribution in [0, 0.1) is 0 Å². The normalized spacial score (nSPS) is 13.3. The van der Waals surface area contributed by atoms with Crippen LogP contribution in [0.25, 0.3) is 0 Å². The maximum atomic E-state index is 12.4. The maximum Gasteiger partial charge on any atom is 0.425 e. The van der Waals surface area contributed by atoms with E-state index in [1.807, 2.05) is 0 Å². The zero-order valence-corrected chi connectivity index (χ0v) is 9.54. The molecule has 96 valence electrons. The quantitative estimate of drug-likeness (QED) is 0.891. The summed E-state index contributed by atoms with van der Waals surface area (Å²) in [6.45, 7) is 1.05. The predicted molar refractivity (Wildman–Crippen MR) is 57.0 cm³/mol. The van der Waals surface area contributed by atoms with E-state index in [2.05, 4.69) is 0 Å². The second-order valence-electron chi connectivity index (χ2n) is 3.48. The number of alkyl halides is 3. The molecule has 0 radical (unpaired) electrons. The first-order valence-corrected chi connectivity index (χ1v) is 4.99. The number of methoxy groups -OCH3 is 1. The van der Waals surface area contributed by atoms with Gasteiger partial charge in [0, 0.05) is 18.2 Å². The highest BCUT2D eigenvalue weighted by Gasteiger charge is 2.38. The first-order chi connectivity index (χ1) is 7.88. The van der Waals surface area contributed by atoms with Crippen molar-refractivity contribution in [2.45, 2.75) is 25.7 Å². The Balaban J connectivity index is 2.95. The monoisotopic (exact) mass is 249 g/mol. The molecule has 17 heavy (non-hydrogen) atoms. The van der Waals surface area contributed by atoms with E-state index in [-0.39, 0.29) is 12.3 Å². The van der Waals surface area contributed by atoms with Gasteiger partial charge in [-0.3, -0.25) is 0 Å². The van der Waals surface area contributed by atoms with Gasteiger partial charge in [-0.25, -0.2) is 0 Å². The fourth-order valence-corrected chi connectivity index (χ4v) is 1.20. The molecule has 0 amide bonds. The largest absolute Gasteiger partial charge is 0.497 e. The third-order valence-corrected chi connectivity index (χ3v) is 2.26. The smallest absolute Gasteiger partial charge is 0.425 e. The van der Waals surface area contributed by atoms with Crippen molar-refractivity contribution >= 4 is 0 Å². The van der Waals surface area contributed by atoms with E-state index in [0.29, 0.717) is 11.3 Å². The molecule has 0 aliphatic heterocycles. The number of hydrogen-bond acceptors (Lipinski definition) is 3. The summed E-state index contributed by atoms with van der Waals surface area (Å²) in [5, 5.41) is 0. The van der Waals surface area contributed by atoms with Crippen LogP contribution in [-0.2, 0) is 6.54 Å². The van der Waals surface area contributed by atoms with Crippen molar-refractivity contribution in [2.75, 3.05) is 7.11 Å². The van der Waals surface area contributed by atoms with Crippen molar-refractivity contribution in [3.63, 3.8) is 0 Å². The highest BCUT2D eigenvalue weighted by Crippen LogP contribution is 2.29. The van der Waals surface area contributed by atoms with E-state index in [1.165, 1.54) is 13.2 Å².